The molecular formula is C5H5F3N3. The molecule has 0 atom stereocenters. The first-order valence-corrected chi connectivity index (χ1v) is 2.97. The van der Waals surface area contributed by atoms with Crippen molar-refractivity contribution >= 4 is 11.7 Å². The monoisotopic (exact) mass is 164 g/mol. The van der Waals surface area contributed by atoms with Crippen LogP contribution in [0.25, 0.3) is 0 Å². The van der Waals surface area contributed by atoms with Crippen LogP contribution in [-0.4, -0.2) is 17.8 Å². The number of nitrogens with zero attached hydrogens (tertiary/aromatic N) is 3. The second kappa shape index (κ2) is 2.52. The Kier molecular flexibility index (Phi) is 1.84. The second-order valence-electron chi connectivity index (χ2n) is 1.90. The van der Waals surface area contributed by atoms with Gasteiger partial charge in [0.1, 0.15) is 0 Å². The van der Waals surface area contributed by atoms with E-state index in [1.54, 1.807) is 6.92 Å². The summed E-state index contributed by atoms with van der Waals surface area (Å²) in [5, 5.41) is 2.87. The Labute approximate surface area is 61.0 Å². The van der Waals surface area contributed by atoms with Crippen molar-refractivity contribution in [1.29, 1.82) is 0 Å². The van der Waals surface area contributed by atoms with Crippen LogP contribution >= 0.6 is 0 Å². The number of aliphatic imine (C=N–C) groups is 1. The number of rotatable bonds is 1. The van der Waals surface area contributed by atoms with Crippen LogP contribution in [0.2, 0.25) is 0 Å². The Hall–Kier alpha value is -1.07. The molecule has 61 valence electrons. The van der Waals surface area contributed by atoms with Gasteiger partial charge in [0.25, 0.3) is 5.84 Å². The topological polar surface area (TPSA) is 38.8 Å². The molecule has 1 rings (SSSR count). The van der Waals surface area contributed by atoms with Crippen molar-refractivity contribution in [3.8, 4) is 0 Å². The molecule has 0 spiro atoms. The molecule has 0 unspecified atom stereocenters. The molecule has 0 bridgehead atoms. The van der Waals surface area contributed by atoms with Crippen molar-refractivity contribution in [3.05, 3.63) is 0 Å². The number of hydrogen-bond acceptors (Lipinski definition) is 2. The maximum Gasteiger partial charge on any atom is 0.453 e. The zero-order chi connectivity index (χ0) is 8.48. The van der Waals surface area contributed by atoms with Crippen LogP contribution in [0.4, 0.5) is 13.2 Å². The van der Waals surface area contributed by atoms with Crippen LogP contribution < -0.4 is 5.43 Å². The van der Waals surface area contributed by atoms with Crippen molar-refractivity contribution in [3.63, 3.8) is 0 Å². The molecule has 11 heavy (non-hydrogen) atoms. The van der Waals surface area contributed by atoms with E-state index in [4.69, 9.17) is 0 Å². The van der Waals surface area contributed by atoms with E-state index in [0.29, 0.717) is 6.42 Å². The minimum atomic E-state index is -4.47. The maximum atomic E-state index is 11.8. The van der Waals surface area contributed by atoms with Crippen LogP contribution in [0, 0.1) is 0 Å². The molecule has 1 aliphatic rings. The normalized spacial score (nSPS) is 17.5. The third-order valence-electron chi connectivity index (χ3n) is 1.06. The van der Waals surface area contributed by atoms with Gasteiger partial charge in [-0.25, -0.2) is 4.99 Å². The van der Waals surface area contributed by atoms with Crippen molar-refractivity contribution in [2.24, 2.45) is 10.1 Å². The maximum absolute atomic E-state index is 11.8. The predicted octanol–water partition coefficient (Wildman–Crippen LogP) is 1.29. The molecule has 1 heterocycles. The highest BCUT2D eigenvalue weighted by molar-refractivity contribution is 6.03. The summed E-state index contributed by atoms with van der Waals surface area (Å²) in [4.78, 5) is 3.15. The van der Waals surface area contributed by atoms with Crippen molar-refractivity contribution < 1.29 is 13.2 Å². The molecular weight excluding hydrogens is 159 g/mol. The van der Waals surface area contributed by atoms with Gasteiger partial charge >= 0.3 is 6.18 Å². The Balaban J connectivity index is 2.72. The molecule has 0 N–H and O–H groups in total. The second-order valence-corrected chi connectivity index (χ2v) is 1.90. The molecule has 1 aliphatic heterocycles. The molecule has 0 aliphatic carbocycles. The van der Waals surface area contributed by atoms with Gasteiger partial charge in [-0.15, -0.1) is 10.5 Å². The van der Waals surface area contributed by atoms with Gasteiger partial charge in [-0.2, -0.15) is 13.2 Å². The SMILES string of the molecule is CCC1=NC(C(F)(F)F)=N[N]1. The summed E-state index contributed by atoms with van der Waals surface area (Å²) in [6.45, 7) is 1.66. The lowest BCUT2D eigenvalue weighted by Crippen LogP contribution is -2.19. The predicted molar refractivity (Wildman–Crippen MR) is 33.4 cm³/mol. The van der Waals surface area contributed by atoms with Gasteiger partial charge in [0, 0.05) is 6.42 Å². The summed E-state index contributed by atoms with van der Waals surface area (Å²) in [5.74, 6) is -1.04. The number of amidine groups is 2. The van der Waals surface area contributed by atoms with Crippen LogP contribution in [-0.2, 0) is 0 Å². The Morgan fingerprint density at radius 3 is 2.27 bits per heavy atom. The highest BCUT2D eigenvalue weighted by Gasteiger charge is 2.38. The fraction of sp³-hybridized carbons (Fsp3) is 0.600. The molecule has 0 aromatic heterocycles. The van der Waals surface area contributed by atoms with Gasteiger partial charge in [0.15, 0.2) is 5.84 Å². The van der Waals surface area contributed by atoms with Crippen molar-refractivity contribution in [2.75, 3.05) is 0 Å². The lowest BCUT2D eigenvalue weighted by atomic mass is 10.4. The summed E-state index contributed by atoms with van der Waals surface area (Å²) in [6, 6.07) is 0. The zero-order valence-electron chi connectivity index (χ0n) is 5.68. The van der Waals surface area contributed by atoms with E-state index >= 15 is 0 Å². The summed E-state index contributed by atoms with van der Waals surface area (Å²) >= 11 is 0. The minimum absolute atomic E-state index is 0.123. The summed E-state index contributed by atoms with van der Waals surface area (Å²) in [5.41, 5.74) is 3.22. The molecule has 1 radical (unpaired) electrons. The van der Waals surface area contributed by atoms with Crippen LogP contribution in [0.15, 0.2) is 10.1 Å². The Bertz CT molecular complexity index is 216. The highest BCUT2D eigenvalue weighted by atomic mass is 19.4. The quantitative estimate of drug-likeness (QED) is 0.560. The fourth-order valence-corrected chi connectivity index (χ4v) is 0.542. The van der Waals surface area contributed by atoms with Gasteiger partial charge in [0.05, 0.1) is 0 Å². The van der Waals surface area contributed by atoms with Crippen LogP contribution in [0.3, 0.4) is 0 Å². The first-order valence-electron chi connectivity index (χ1n) is 2.97. The van der Waals surface area contributed by atoms with Gasteiger partial charge in [-0.1, -0.05) is 6.92 Å². The van der Waals surface area contributed by atoms with Gasteiger partial charge in [-0.05, 0) is 0 Å². The minimum Gasteiger partial charge on any atom is -0.206 e. The molecule has 0 saturated carbocycles. The number of halogens is 3. The van der Waals surface area contributed by atoms with E-state index in [-0.39, 0.29) is 5.84 Å². The van der Waals surface area contributed by atoms with Crippen molar-refractivity contribution in [1.82, 2.24) is 5.43 Å². The largest absolute Gasteiger partial charge is 0.453 e. The van der Waals surface area contributed by atoms with Gasteiger partial charge < -0.3 is 0 Å². The first-order chi connectivity index (χ1) is 5.04. The lowest BCUT2D eigenvalue weighted by molar-refractivity contribution is -0.0596. The smallest absolute Gasteiger partial charge is 0.206 e. The third-order valence-corrected chi connectivity index (χ3v) is 1.06. The molecule has 0 aromatic carbocycles. The average Bonchev–Trinajstić information content (AvgIpc) is 2.32. The van der Waals surface area contributed by atoms with E-state index in [1.165, 1.54) is 0 Å². The number of alkyl halides is 3. The van der Waals surface area contributed by atoms with E-state index in [0.717, 1.165) is 0 Å². The number of hydrogen-bond donors (Lipinski definition) is 0. The van der Waals surface area contributed by atoms with Gasteiger partial charge in [-0.3, -0.25) is 0 Å². The first kappa shape index (κ1) is 8.03. The van der Waals surface area contributed by atoms with E-state index < -0.39 is 12.0 Å². The summed E-state index contributed by atoms with van der Waals surface area (Å²) in [6.07, 6.45) is -4.11. The van der Waals surface area contributed by atoms with Crippen LogP contribution in [0.5, 0.6) is 0 Å². The fourth-order valence-electron chi connectivity index (χ4n) is 0.542. The standard InChI is InChI=1S/C5H5F3N3/c1-2-3-9-4(11-10-3)5(6,7)8/h2H2,1H3. The van der Waals surface area contributed by atoms with E-state index in [9.17, 15) is 13.2 Å². The zero-order valence-corrected chi connectivity index (χ0v) is 5.68. The molecule has 0 saturated heterocycles. The van der Waals surface area contributed by atoms with E-state index in [2.05, 4.69) is 15.5 Å². The Morgan fingerprint density at radius 1 is 1.36 bits per heavy atom. The average molecular weight is 164 g/mol. The summed E-state index contributed by atoms with van der Waals surface area (Å²) in [7, 11) is 0. The van der Waals surface area contributed by atoms with Gasteiger partial charge in [0.2, 0.25) is 0 Å². The molecule has 3 nitrogen and oxygen atoms in total. The highest BCUT2D eigenvalue weighted by Crippen LogP contribution is 2.20. The van der Waals surface area contributed by atoms with Crippen LogP contribution in [0.1, 0.15) is 13.3 Å². The molecule has 6 heteroatoms. The molecule has 0 fully saturated rings. The van der Waals surface area contributed by atoms with Crippen molar-refractivity contribution in [2.45, 2.75) is 19.5 Å². The lowest BCUT2D eigenvalue weighted by Gasteiger charge is -1.98. The van der Waals surface area contributed by atoms with E-state index in [1.807, 2.05) is 0 Å². The summed E-state index contributed by atoms with van der Waals surface area (Å²) < 4.78 is 35.3. The third kappa shape index (κ3) is 1.69. The molecule has 0 amide bonds. The molecule has 0 aromatic rings. The Morgan fingerprint density at radius 2 is 2.00 bits per heavy atom.